The lowest BCUT2D eigenvalue weighted by Crippen LogP contribution is -2.42. The first-order valence-electron chi connectivity index (χ1n) is 10.6. The Labute approximate surface area is 181 Å². The fourth-order valence-corrected chi connectivity index (χ4v) is 4.57. The quantitative estimate of drug-likeness (QED) is 0.253. The largest absolute Gasteiger partial charge is 0.462 e. The number of rotatable bonds is 8. The summed E-state index contributed by atoms with van der Waals surface area (Å²) in [6.07, 6.45) is 7.84. The van der Waals surface area contributed by atoms with Gasteiger partial charge in [0.2, 0.25) is 0 Å². The van der Waals surface area contributed by atoms with Gasteiger partial charge in [-0.3, -0.25) is 0 Å². The number of ether oxygens (including phenoxy) is 1. The van der Waals surface area contributed by atoms with Gasteiger partial charge in [-0.15, -0.1) is 0 Å². The van der Waals surface area contributed by atoms with Crippen LogP contribution in [0.25, 0.3) is 0 Å². The maximum atomic E-state index is 12.3. The number of carbonyl (C=O) groups is 1. The van der Waals surface area contributed by atoms with E-state index in [0.717, 1.165) is 32.3 Å². The van der Waals surface area contributed by atoms with Crippen LogP contribution in [0, 0.1) is 5.92 Å². The van der Waals surface area contributed by atoms with E-state index in [1.807, 2.05) is 6.26 Å². The van der Waals surface area contributed by atoms with Crippen LogP contribution in [0.4, 0.5) is 5.82 Å². The summed E-state index contributed by atoms with van der Waals surface area (Å²) in [5, 5.41) is 4.38. The molecule has 6 nitrogen and oxygen atoms in total. The first-order valence-corrected chi connectivity index (χ1v) is 14.7. The molecular formula is C21H37N3O3SSi. The maximum Gasteiger partial charge on any atom is 0.343 e. The molecule has 1 aromatic heterocycles. The van der Waals surface area contributed by atoms with Crippen LogP contribution >= 0.6 is 11.8 Å². The lowest BCUT2D eigenvalue weighted by atomic mass is 9.86. The summed E-state index contributed by atoms with van der Waals surface area (Å²) < 4.78 is 11.6. The molecule has 1 N–H and O–H groups in total. The Balaban J connectivity index is 1.94. The summed E-state index contributed by atoms with van der Waals surface area (Å²) in [5.41, 5.74) is 0.410. The normalized spacial score (nSPS) is 20.4. The van der Waals surface area contributed by atoms with Gasteiger partial charge in [0, 0.05) is 18.8 Å². The van der Waals surface area contributed by atoms with Gasteiger partial charge in [-0.2, -0.15) is 0 Å². The van der Waals surface area contributed by atoms with Gasteiger partial charge in [0.15, 0.2) is 13.5 Å². The molecule has 8 heteroatoms. The van der Waals surface area contributed by atoms with Gasteiger partial charge in [0.05, 0.1) is 6.61 Å². The van der Waals surface area contributed by atoms with Gasteiger partial charge in [0.25, 0.3) is 0 Å². The molecule has 2 rings (SSSR count). The van der Waals surface area contributed by atoms with Crippen molar-refractivity contribution in [2.24, 2.45) is 5.92 Å². The molecule has 0 aliphatic heterocycles. The molecule has 164 valence electrons. The van der Waals surface area contributed by atoms with Crippen LogP contribution < -0.4 is 5.32 Å². The molecule has 0 amide bonds. The number of thioether (sulfide) groups is 1. The third-order valence-electron chi connectivity index (χ3n) is 6.12. The van der Waals surface area contributed by atoms with Crippen molar-refractivity contribution in [1.29, 1.82) is 0 Å². The molecule has 1 saturated carbocycles. The van der Waals surface area contributed by atoms with Crippen molar-refractivity contribution in [1.82, 2.24) is 9.97 Å². The van der Waals surface area contributed by atoms with Crippen molar-refractivity contribution in [2.45, 2.75) is 82.7 Å². The minimum absolute atomic E-state index is 0.247. The molecule has 0 saturated heterocycles. The monoisotopic (exact) mass is 439 g/mol. The molecule has 1 heterocycles. The van der Waals surface area contributed by atoms with Crippen LogP contribution in [0.1, 0.15) is 63.7 Å². The van der Waals surface area contributed by atoms with Crippen molar-refractivity contribution in [3.05, 3.63) is 11.8 Å². The summed E-state index contributed by atoms with van der Waals surface area (Å²) >= 11 is 1.46. The number of hydrogen-bond donors (Lipinski definition) is 1. The molecule has 0 radical (unpaired) electrons. The summed E-state index contributed by atoms with van der Waals surface area (Å²) in [6.45, 7) is 14.5. The van der Waals surface area contributed by atoms with Gasteiger partial charge in [-0.05, 0) is 62.9 Å². The van der Waals surface area contributed by atoms with Crippen molar-refractivity contribution >= 4 is 31.9 Å². The number of esters is 1. The number of hydrogen-bond acceptors (Lipinski definition) is 7. The predicted octanol–water partition coefficient (Wildman–Crippen LogP) is 5.37. The highest BCUT2D eigenvalue weighted by atomic mass is 32.2. The van der Waals surface area contributed by atoms with Gasteiger partial charge >= 0.3 is 5.97 Å². The molecule has 1 fully saturated rings. The third kappa shape index (κ3) is 6.69. The summed E-state index contributed by atoms with van der Waals surface area (Å²) in [5.74, 6) is 0.821. The summed E-state index contributed by atoms with van der Waals surface area (Å²) in [7, 11) is -1.69. The minimum Gasteiger partial charge on any atom is -0.462 e. The molecule has 0 aromatic carbocycles. The van der Waals surface area contributed by atoms with E-state index >= 15 is 0 Å². The minimum atomic E-state index is -1.69. The standard InChI is InChI=1S/C21H37N3O3SSi/c1-8-26-19(25)17-13-22-20(28-5)24-18(17)23-16-11-9-15(10-12-16)14-27-29(6,7)21(2,3)4/h13,15-16H,8-12,14H2,1-7H3,(H,22,23,24). The van der Waals surface area contributed by atoms with E-state index in [4.69, 9.17) is 9.16 Å². The van der Waals surface area contributed by atoms with E-state index in [1.165, 1.54) is 11.8 Å². The van der Waals surface area contributed by atoms with E-state index in [-0.39, 0.29) is 11.0 Å². The molecule has 0 atom stereocenters. The van der Waals surface area contributed by atoms with Crippen LogP contribution in [-0.2, 0) is 9.16 Å². The van der Waals surface area contributed by atoms with Crippen molar-refractivity contribution in [3.8, 4) is 0 Å². The van der Waals surface area contributed by atoms with Gasteiger partial charge in [-0.25, -0.2) is 14.8 Å². The van der Waals surface area contributed by atoms with E-state index < -0.39 is 8.32 Å². The topological polar surface area (TPSA) is 73.3 Å². The number of carbonyl (C=O) groups excluding carboxylic acids is 1. The highest BCUT2D eigenvalue weighted by molar-refractivity contribution is 7.98. The van der Waals surface area contributed by atoms with Crippen LogP contribution in [0.2, 0.25) is 18.1 Å². The maximum absolute atomic E-state index is 12.3. The summed E-state index contributed by atoms with van der Waals surface area (Å²) in [6, 6.07) is 0.303. The Hall–Kier alpha value is -1.12. The molecule has 1 aliphatic carbocycles. The average molecular weight is 440 g/mol. The second-order valence-corrected chi connectivity index (χ2v) is 14.9. The number of nitrogens with one attached hydrogen (secondary N) is 1. The zero-order valence-corrected chi connectivity index (χ0v) is 20.8. The van der Waals surface area contributed by atoms with E-state index in [2.05, 4.69) is 49.1 Å². The van der Waals surface area contributed by atoms with Crippen LogP contribution in [-0.4, -0.2) is 49.8 Å². The van der Waals surface area contributed by atoms with E-state index in [0.29, 0.717) is 35.1 Å². The zero-order valence-electron chi connectivity index (χ0n) is 19.0. The molecule has 0 unspecified atom stereocenters. The number of nitrogens with zero attached hydrogens (tertiary/aromatic N) is 2. The van der Waals surface area contributed by atoms with Crippen molar-refractivity contribution in [3.63, 3.8) is 0 Å². The fraction of sp³-hybridized carbons (Fsp3) is 0.762. The first-order chi connectivity index (χ1) is 13.6. The molecule has 1 aliphatic rings. The lowest BCUT2D eigenvalue weighted by molar-refractivity contribution is 0.0526. The lowest BCUT2D eigenvalue weighted by Gasteiger charge is -2.38. The Morgan fingerprint density at radius 1 is 1.28 bits per heavy atom. The van der Waals surface area contributed by atoms with Gasteiger partial charge < -0.3 is 14.5 Å². The summed E-state index contributed by atoms with van der Waals surface area (Å²) in [4.78, 5) is 21.0. The van der Waals surface area contributed by atoms with Gasteiger partial charge in [0.1, 0.15) is 11.4 Å². The van der Waals surface area contributed by atoms with Crippen LogP contribution in [0.3, 0.4) is 0 Å². The van der Waals surface area contributed by atoms with Crippen molar-refractivity contribution in [2.75, 3.05) is 24.8 Å². The Morgan fingerprint density at radius 3 is 2.48 bits per heavy atom. The SMILES string of the molecule is CCOC(=O)c1cnc(SC)nc1NC1CCC(CO[Si](C)(C)C(C)(C)C)CC1. The fourth-order valence-electron chi connectivity index (χ4n) is 3.14. The second-order valence-electron chi connectivity index (χ2n) is 9.27. The third-order valence-corrected chi connectivity index (χ3v) is 11.2. The predicted molar refractivity (Wildman–Crippen MR) is 122 cm³/mol. The smallest absolute Gasteiger partial charge is 0.343 e. The van der Waals surface area contributed by atoms with E-state index in [9.17, 15) is 4.79 Å². The molecule has 1 aromatic rings. The van der Waals surface area contributed by atoms with E-state index in [1.54, 1.807) is 13.1 Å². The molecule has 0 spiro atoms. The molecular weight excluding hydrogens is 402 g/mol. The zero-order chi connectivity index (χ0) is 21.7. The van der Waals surface area contributed by atoms with Crippen LogP contribution in [0.5, 0.6) is 0 Å². The highest BCUT2D eigenvalue weighted by Crippen LogP contribution is 2.38. The molecule has 0 bridgehead atoms. The number of aromatic nitrogens is 2. The highest BCUT2D eigenvalue weighted by Gasteiger charge is 2.38. The Morgan fingerprint density at radius 2 is 1.93 bits per heavy atom. The second kappa shape index (κ2) is 10.3. The van der Waals surface area contributed by atoms with Gasteiger partial charge in [-0.1, -0.05) is 32.5 Å². The number of anilines is 1. The van der Waals surface area contributed by atoms with Crippen LogP contribution in [0.15, 0.2) is 11.4 Å². The molecule has 29 heavy (non-hydrogen) atoms. The average Bonchev–Trinajstić information content (AvgIpc) is 2.66. The Kier molecular flexibility index (Phi) is 8.55. The van der Waals surface area contributed by atoms with Crippen molar-refractivity contribution < 1.29 is 14.0 Å². The Bertz CT molecular complexity index is 686. The first kappa shape index (κ1) is 24.1.